The summed E-state index contributed by atoms with van der Waals surface area (Å²) in [6.07, 6.45) is -3.28. The SMILES string of the molecule is OC1CC(F)(F)C1(F)F. The highest BCUT2D eigenvalue weighted by molar-refractivity contribution is 5.03. The van der Waals surface area contributed by atoms with Crippen LogP contribution in [-0.4, -0.2) is 23.1 Å². The fraction of sp³-hybridized carbons (Fsp3) is 1.00. The summed E-state index contributed by atoms with van der Waals surface area (Å²) in [7, 11) is 0. The molecule has 9 heavy (non-hydrogen) atoms. The number of hydrogen-bond donors (Lipinski definition) is 1. The fourth-order valence-corrected chi connectivity index (χ4v) is 0.620. The van der Waals surface area contributed by atoms with Gasteiger partial charge in [0.15, 0.2) is 0 Å². The fourth-order valence-electron chi connectivity index (χ4n) is 0.620. The number of hydrogen-bond acceptors (Lipinski definition) is 1. The van der Waals surface area contributed by atoms with Crippen LogP contribution >= 0.6 is 0 Å². The van der Waals surface area contributed by atoms with Crippen molar-refractivity contribution in [3.63, 3.8) is 0 Å². The summed E-state index contributed by atoms with van der Waals surface area (Å²) >= 11 is 0. The van der Waals surface area contributed by atoms with Crippen molar-refractivity contribution in [2.75, 3.05) is 0 Å². The maximum Gasteiger partial charge on any atom is 0.335 e. The maximum absolute atomic E-state index is 11.7. The minimum atomic E-state index is -4.20. The minimum Gasteiger partial charge on any atom is -0.386 e. The molecule has 0 saturated heterocycles. The van der Waals surface area contributed by atoms with Crippen molar-refractivity contribution in [1.29, 1.82) is 0 Å². The smallest absolute Gasteiger partial charge is 0.335 e. The normalized spacial score (nSPS) is 37.7. The highest BCUT2D eigenvalue weighted by atomic mass is 19.3. The molecular weight excluding hydrogens is 140 g/mol. The third kappa shape index (κ3) is 0.640. The third-order valence-electron chi connectivity index (χ3n) is 1.36. The van der Waals surface area contributed by atoms with Gasteiger partial charge in [0.25, 0.3) is 0 Å². The van der Waals surface area contributed by atoms with E-state index in [0.29, 0.717) is 0 Å². The van der Waals surface area contributed by atoms with Gasteiger partial charge in [0.2, 0.25) is 0 Å². The van der Waals surface area contributed by atoms with Gasteiger partial charge in [-0.25, -0.2) is 0 Å². The molecule has 0 aromatic carbocycles. The van der Waals surface area contributed by atoms with Gasteiger partial charge in [-0.15, -0.1) is 0 Å². The van der Waals surface area contributed by atoms with E-state index in [0.717, 1.165) is 0 Å². The van der Waals surface area contributed by atoms with Gasteiger partial charge in [-0.1, -0.05) is 0 Å². The summed E-state index contributed by atoms with van der Waals surface area (Å²) in [5, 5.41) is 8.08. The first kappa shape index (κ1) is 6.80. The number of rotatable bonds is 0. The summed E-state index contributed by atoms with van der Waals surface area (Å²) < 4.78 is 46.7. The van der Waals surface area contributed by atoms with Crippen LogP contribution in [0.15, 0.2) is 0 Å². The topological polar surface area (TPSA) is 20.2 Å². The Morgan fingerprint density at radius 2 is 1.67 bits per heavy atom. The lowest BCUT2D eigenvalue weighted by atomic mass is 9.86. The predicted molar refractivity (Wildman–Crippen MR) is 20.5 cm³/mol. The molecule has 1 N–H and O–H groups in total. The Bertz CT molecular complexity index is 133. The van der Waals surface area contributed by atoms with Gasteiger partial charge in [0.05, 0.1) is 0 Å². The third-order valence-corrected chi connectivity index (χ3v) is 1.36. The van der Waals surface area contributed by atoms with Crippen LogP contribution in [0.25, 0.3) is 0 Å². The Balaban J connectivity index is 2.70. The van der Waals surface area contributed by atoms with Gasteiger partial charge in [-0.2, -0.15) is 17.6 Å². The van der Waals surface area contributed by atoms with Crippen LogP contribution < -0.4 is 0 Å². The average molecular weight is 144 g/mol. The second-order valence-corrected chi connectivity index (χ2v) is 2.05. The lowest BCUT2D eigenvalue weighted by Gasteiger charge is -2.40. The van der Waals surface area contributed by atoms with Crippen molar-refractivity contribution in [3.05, 3.63) is 0 Å². The Hall–Kier alpha value is -0.320. The first-order valence-corrected chi connectivity index (χ1v) is 2.31. The molecule has 1 fully saturated rings. The molecule has 1 rings (SSSR count). The zero-order valence-electron chi connectivity index (χ0n) is 4.24. The molecule has 1 nitrogen and oxygen atoms in total. The molecular formula is C4H4F4O. The van der Waals surface area contributed by atoms with E-state index >= 15 is 0 Å². The summed E-state index contributed by atoms with van der Waals surface area (Å²) in [6, 6.07) is 0. The highest BCUT2D eigenvalue weighted by Gasteiger charge is 2.71. The molecule has 1 unspecified atom stereocenters. The van der Waals surface area contributed by atoms with E-state index in [-0.39, 0.29) is 0 Å². The first-order valence-electron chi connectivity index (χ1n) is 2.31. The lowest BCUT2D eigenvalue weighted by molar-refractivity contribution is -0.331. The van der Waals surface area contributed by atoms with E-state index in [4.69, 9.17) is 5.11 Å². The summed E-state index contributed by atoms with van der Waals surface area (Å²) in [4.78, 5) is 0. The van der Waals surface area contributed by atoms with Gasteiger partial charge in [-0.3, -0.25) is 0 Å². The van der Waals surface area contributed by atoms with Crippen molar-refractivity contribution >= 4 is 0 Å². The molecule has 1 saturated carbocycles. The molecule has 5 heteroatoms. The number of aliphatic hydroxyl groups is 1. The Morgan fingerprint density at radius 1 is 1.22 bits per heavy atom. The van der Waals surface area contributed by atoms with Crippen LogP contribution in [0.2, 0.25) is 0 Å². The highest BCUT2D eigenvalue weighted by Crippen LogP contribution is 2.50. The number of aliphatic hydroxyl groups excluding tert-OH is 1. The molecule has 54 valence electrons. The summed E-state index contributed by atoms with van der Waals surface area (Å²) in [5.41, 5.74) is 0. The molecule has 1 atom stereocenters. The first-order chi connectivity index (χ1) is 3.88. The van der Waals surface area contributed by atoms with Crippen LogP contribution in [0, 0.1) is 0 Å². The van der Waals surface area contributed by atoms with Crippen LogP contribution in [0.5, 0.6) is 0 Å². The molecule has 0 heterocycles. The molecule has 0 aliphatic heterocycles. The summed E-state index contributed by atoms with van der Waals surface area (Å²) in [5.74, 6) is -8.20. The second kappa shape index (κ2) is 1.39. The molecule has 0 aromatic heterocycles. The van der Waals surface area contributed by atoms with Crippen molar-refractivity contribution < 1.29 is 22.7 Å². The maximum atomic E-state index is 11.7. The second-order valence-electron chi connectivity index (χ2n) is 2.05. The predicted octanol–water partition coefficient (Wildman–Crippen LogP) is 1.02. The molecule has 1 aliphatic carbocycles. The van der Waals surface area contributed by atoms with Gasteiger partial charge in [-0.05, 0) is 0 Å². The Morgan fingerprint density at radius 3 is 1.67 bits per heavy atom. The monoisotopic (exact) mass is 144 g/mol. The van der Waals surface area contributed by atoms with Gasteiger partial charge < -0.3 is 5.11 Å². The average Bonchev–Trinajstić information content (AvgIpc) is 1.65. The Kier molecular flexibility index (Phi) is 1.05. The van der Waals surface area contributed by atoms with Crippen LogP contribution in [0.3, 0.4) is 0 Å². The summed E-state index contributed by atoms with van der Waals surface area (Å²) in [6.45, 7) is 0. The standard InChI is InChI=1S/C4H4F4O/c5-3(6)1-2(9)4(3,7)8/h2,9H,1H2. The zero-order valence-corrected chi connectivity index (χ0v) is 4.24. The van der Waals surface area contributed by atoms with Crippen molar-refractivity contribution in [2.45, 2.75) is 24.4 Å². The number of halogens is 4. The molecule has 0 aromatic rings. The Labute approximate surface area is 48.3 Å². The van der Waals surface area contributed by atoms with Crippen molar-refractivity contribution in [3.8, 4) is 0 Å². The van der Waals surface area contributed by atoms with E-state index in [1.165, 1.54) is 0 Å². The van der Waals surface area contributed by atoms with E-state index in [9.17, 15) is 17.6 Å². The molecule has 1 aliphatic rings. The lowest BCUT2D eigenvalue weighted by Crippen LogP contribution is -2.62. The van der Waals surface area contributed by atoms with Crippen molar-refractivity contribution in [2.24, 2.45) is 0 Å². The molecule has 0 amide bonds. The molecule has 0 spiro atoms. The minimum absolute atomic E-state index is 1.12. The zero-order chi connectivity index (χ0) is 7.28. The number of alkyl halides is 4. The van der Waals surface area contributed by atoms with Gasteiger partial charge in [0.1, 0.15) is 6.10 Å². The van der Waals surface area contributed by atoms with Gasteiger partial charge in [0, 0.05) is 6.42 Å². The van der Waals surface area contributed by atoms with Gasteiger partial charge >= 0.3 is 11.8 Å². The largest absolute Gasteiger partial charge is 0.386 e. The quantitative estimate of drug-likeness (QED) is 0.503. The van der Waals surface area contributed by atoms with Crippen molar-refractivity contribution in [1.82, 2.24) is 0 Å². The van der Waals surface area contributed by atoms with E-state index in [2.05, 4.69) is 0 Å². The molecule has 0 bridgehead atoms. The van der Waals surface area contributed by atoms with Crippen LogP contribution in [0.1, 0.15) is 6.42 Å². The van der Waals surface area contributed by atoms with Crippen LogP contribution in [-0.2, 0) is 0 Å². The van der Waals surface area contributed by atoms with Crippen LogP contribution in [0.4, 0.5) is 17.6 Å². The van der Waals surface area contributed by atoms with E-state index in [1.54, 1.807) is 0 Å². The molecule has 0 radical (unpaired) electrons. The van der Waals surface area contributed by atoms with E-state index < -0.39 is 24.4 Å². The van der Waals surface area contributed by atoms with E-state index in [1.807, 2.05) is 0 Å².